The topological polar surface area (TPSA) is 101 Å². The number of aromatic nitrogens is 2. The Kier molecular flexibility index (Phi) is 3.44. The summed E-state index contributed by atoms with van der Waals surface area (Å²) >= 11 is 0. The average molecular weight is 239 g/mol. The molecule has 0 saturated heterocycles. The van der Waals surface area contributed by atoms with Crippen LogP contribution in [0.2, 0.25) is 0 Å². The van der Waals surface area contributed by atoms with E-state index in [1.54, 1.807) is 12.3 Å². The lowest BCUT2D eigenvalue weighted by Gasteiger charge is -2.23. The highest BCUT2D eigenvalue weighted by molar-refractivity contribution is 5.23. The van der Waals surface area contributed by atoms with Crippen LogP contribution in [-0.4, -0.2) is 33.0 Å². The summed E-state index contributed by atoms with van der Waals surface area (Å²) in [7, 11) is 0. The first-order valence-corrected chi connectivity index (χ1v) is 5.73. The van der Waals surface area contributed by atoms with E-state index in [1.165, 1.54) is 4.57 Å². The molecule has 1 aromatic rings. The van der Waals surface area contributed by atoms with Gasteiger partial charge in [0.25, 0.3) is 0 Å². The average Bonchev–Trinajstić information content (AvgIpc) is 2.71. The van der Waals surface area contributed by atoms with Gasteiger partial charge in [-0.05, 0) is 24.8 Å². The molecule has 0 bridgehead atoms. The number of hydrogen-bond acceptors (Lipinski definition) is 5. The van der Waals surface area contributed by atoms with Crippen LogP contribution in [0.5, 0.6) is 0 Å². The molecule has 4 N–H and O–H groups in total. The van der Waals surface area contributed by atoms with Crippen molar-refractivity contribution < 1.29 is 10.2 Å². The minimum atomic E-state index is -0.396. The number of rotatable bonds is 3. The third-order valence-electron chi connectivity index (χ3n) is 3.59. The summed E-state index contributed by atoms with van der Waals surface area (Å²) in [4.78, 5) is 15.4. The summed E-state index contributed by atoms with van der Waals surface area (Å²) in [6, 6.07) is 1.47. The first-order valence-electron chi connectivity index (χ1n) is 5.73. The summed E-state index contributed by atoms with van der Waals surface area (Å²) < 4.78 is 1.51. The molecule has 1 heterocycles. The zero-order valence-electron chi connectivity index (χ0n) is 9.49. The highest BCUT2D eigenvalue weighted by atomic mass is 16.3. The maximum atomic E-state index is 11.7. The van der Waals surface area contributed by atoms with Crippen molar-refractivity contribution in [3.63, 3.8) is 0 Å². The number of anilines is 1. The monoisotopic (exact) mass is 239 g/mol. The Morgan fingerprint density at radius 1 is 1.41 bits per heavy atom. The standard InChI is InChI=1S/C11H17N3O3/c12-10-3-4-14(11(17)13-10)9-2-1-7(5-15)8(9)6-16/h3-4,7-9,15-16H,1-2,5-6H2,(H2,12,13,17). The van der Waals surface area contributed by atoms with Crippen LogP contribution in [0, 0.1) is 11.8 Å². The van der Waals surface area contributed by atoms with Gasteiger partial charge in [-0.25, -0.2) is 4.79 Å². The maximum absolute atomic E-state index is 11.7. The Labute approximate surface area is 98.7 Å². The van der Waals surface area contributed by atoms with Crippen LogP contribution in [0.3, 0.4) is 0 Å². The second-order valence-corrected chi connectivity index (χ2v) is 4.48. The molecule has 2 rings (SSSR count). The Bertz CT molecular complexity index is 446. The van der Waals surface area contributed by atoms with Gasteiger partial charge in [-0.15, -0.1) is 0 Å². The van der Waals surface area contributed by atoms with Crippen LogP contribution in [0.4, 0.5) is 5.82 Å². The van der Waals surface area contributed by atoms with Gasteiger partial charge in [0.05, 0.1) is 0 Å². The van der Waals surface area contributed by atoms with E-state index in [0.717, 1.165) is 12.8 Å². The molecule has 0 spiro atoms. The number of nitrogen functional groups attached to an aromatic ring is 1. The summed E-state index contributed by atoms with van der Waals surface area (Å²) in [5, 5.41) is 18.6. The molecule has 1 fully saturated rings. The van der Waals surface area contributed by atoms with E-state index < -0.39 is 5.69 Å². The largest absolute Gasteiger partial charge is 0.396 e. The summed E-state index contributed by atoms with van der Waals surface area (Å²) in [5.41, 5.74) is 5.04. The molecule has 3 atom stereocenters. The zero-order valence-corrected chi connectivity index (χ0v) is 9.49. The van der Waals surface area contributed by atoms with Gasteiger partial charge in [0.2, 0.25) is 0 Å². The molecule has 17 heavy (non-hydrogen) atoms. The fourth-order valence-corrected chi connectivity index (χ4v) is 2.65. The van der Waals surface area contributed by atoms with Crippen molar-refractivity contribution in [2.75, 3.05) is 18.9 Å². The molecule has 0 aromatic carbocycles. The molecule has 0 radical (unpaired) electrons. The Morgan fingerprint density at radius 3 is 2.76 bits per heavy atom. The molecule has 0 aliphatic heterocycles. The fourth-order valence-electron chi connectivity index (χ4n) is 2.65. The predicted octanol–water partition coefficient (Wildman–Crippen LogP) is -0.623. The van der Waals surface area contributed by atoms with E-state index in [4.69, 9.17) is 5.73 Å². The van der Waals surface area contributed by atoms with Gasteiger partial charge in [0.15, 0.2) is 0 Å². The molecule has 1 aliphatic rings. The first kappa shape index (κ1) is 12.1. The second kappa shape index (κ2) is 4.85. The minimum Gasteiger partial charge on any atom is -0.396 e. The molecule has 6 nitrogen and oxygen atoms in total. The molecular formula is C11H17N3O3. The molecule has 94 valence electrons. The lowest BCUT2D eigenvalue weighted by atomic mass is 9.95. The van der Waals surface area contributed by atoms with Crippen molar-refractivity contribution in [2.45, 2.75) is 18.9 Å². The van der Waals surface area contributed by atoms with Crippen LogP contribution in [0.25, 0.3) is 0 Å². The lowest BCUT2D eigenvalue weighted by Crippen LogP contribution is -2.32. The van der Waals surface area contributed by atoms with Gasteiger partial charge in [0.1, 0.15) is 5.82 Å². The van der Waals surface area contributed by atoms with E-state index in [2.05, 4.69) is 4.98 Å². The van der Waals surface area contributed by atoms with Crippen LogP contribution in [0.15, 0.2) is 17.1 Å². The molecule has 0 amide bonds. The van der Waals surface area contributed by atoms with Crippen molar-refractivity contribution >= 4 is 5.82 Å². The Morgan fingerprint density at radius 2 is 2.18 bits per heavy atom. The third kappa shape index (κ3) is 2.18. The highest BCUT2D eigenvalue weighted by Crippen LogP contribution is 2.39. The van der Waals surface area contributed by atoms with E-state index in [0.29, 0.717) is 0 Å². The van der Waals surface area contributed by atoms with Gasteiger partial charge in [-0.2, -0.15) is 4.98 Å². The minimum absolute atomic E-state index is 0.0350. The van der Waals surface area contributed by atoms with Crippen LogP contribution < -0.4 is 11.4 Å². The van der Waals surface area contributed by atoms with Gasteiger partial charge in [0, 0.05) is 31.4 Å². The van der Waals surface area contributed by atoms with Crippen molar-refractivity contribution in [1.82, 2.24) is 9.55 Å². The number of aliphatic hydroxyl groups is 2. The Balaban J connectivity index is 2.31. The number of nitrogens with zero attached hydrogens (tertiary/aromatic N) is 2. The van der Waals surface area contributed by atoms with Gasteiger partial charge in [-0.1, -0.05) is 0 Å². The first-order chi connectivity index (χ1) is 8.17. The fraction of sp³-hybridized carbons (Fsp3) is 0.636. The van der Waals surface area contributed by atoms with E-state index in [-0.39, 0.29) is 36.9 Å². The smallest absolute Gasteiger partial charge is 0.349 e. The predicted molar refractivity (Wildman–Crippen MR) is 62.3 cm³/mol. The van der Waals surface area contributed by atoms with Gasteiger partial charge < -0.3 is 15.9 Å². The van der Waals surface area contributed by atoms with E-state index >= 15 is 0 Å². The molecule has 6 heteroatoms. The summed E-state index contributed by atoms with van der Waals surface area (Å²) in [6.07, 6.45) is 3.18. The normalized spacial score (nSPS) is 28.5. The third-order valence-corrected chi connectivity index (χ3v) is 3.59. The van der Waals surface area contributed by atoms with Crippen molar-refractivity contribution in [3.8, 4) is 0 Å². The van der Waals surface area contributed by atoms with Gasteiger partial charge >= 0.3 is 5.69 Å². The maximum Gasteiger partial charge on any atom is 0.349 e. The van der Waals surface area contributed by atoms with Crippen molar-refractivity contribution in [3.05, 3.63) is 22.7 Å². The van der Waals surface area contributed by atoms with Crippen molar-refractivity contribution in [1.29, 1.82) is 0 Å². The van der Waals surface area contributed by atoms with Gasteiger partial charge in [-0.3, -0.25) is 4.57 Å². The zero-order chi connectivity index (χ0) is 12.4. The van der Waals surface area contributed by atoms with Crippen molar-refractivity contribution in [2.24, 2.45) is 11.8 Å². The molecule has 1 aromatic heterocycles. The Hall–Kier alpha value is -1.40. The van der Waals surface area contributed by atoms with Crippen LogP contribution in [0.1, 0.15) is 18.9 Å². The SMILES string of the molecule is Nc1ccn(C2CCC(CO)C2CO)c(=O)n1. The second-order valence-electron chi connectivity index (χ2n) is 4.48. The molecular weight excluding hydrogens is 222 g/mol. The van der Waals surface area contributed by atoms with E-state index in [9.17, 15) is 15.0 Å². The number of hydrogen-bond donors (Lipinski definition) is 3. The molecule has 1 saturated carbocycles. The quantitative estimate of drug-likeness (QED) is 0.652. The van der Waals surface area contributed by atoms with Crippen LogP contribution in [-0.2, 0) is 0 Å². The number of nitrogens with two attached hydrogens (primary N) is 1. The number of aliphatic hydroxyl groups excluding tert-OH is 2. The summed E-state index contributed by atoms with van der Waals surface area (Å²) in [5.74, 6) is 0.154. The summed E-state index contributed by atoms with van der Waals surface area (Å²) in [6.45, 7) is 0.00554. The van der Waals surface area contributed by atoms with Crippen LogP contribution >= 0.6 is 0 Å². The molecule has 1 aliphatic carbocycles. The molecule has 3 unspecified atom stereocenters. The van der Waals surface area contributed by atoms with E-state index in [1.807, 2.05) is 0 Å². The lowest BCUT2D eigenvalue weighted by molar-refractivity contribution is 0.119. The highest BCUT2D eigenvalue weighted by Gasteiger charge is 2.36.